The van der Waals surface area contributed by atoms with Gasteiger partial charge in [0, 0.05) is 24.7 Å². The second-order valence-electron chi connectivity index (χ2n) is 4.93. The Hall–Kier alpha value is -2.26. The van der Waals surface area contributed by atoms with Gasteiger partial charge >= 0.3 is 0 Å². The van der Waals surface area contributed by atoms with E-state index < -0.39 is 0 Å². The van der Waals surface area contributed by atoms with Crippen molar-refractivity contribution in [2.24, 2.45) is 5.73 Å². The molecule has 0 radical (unpaired) electrons. The second-order valence-corrected chi connectivity index (χ2v) is 4.93. The van der Waals surface area contributed by atoms with E-state index in [1.54, 1.807) is 6.26 Å². The Bertz CT molecular complexity index is 704. The molecule has 1 heterocycles. The smallest absolute Gasteiger partial charge is 0.123 e. The van der Waals surface area contributed by atoms with Gasteiger partial charge in [-0.05, 0) is 29.1 Å². The van der Waals surface area contributed by atoms with Gasteiger partial charge in [-0.15, -0.1) is 0 Å². The van der Waals surface area contributed by atoms with Crippen LogP contribution in [-0.4, -0.2) is 7.05 Å². The second kappa shape index (κ2) is 5.39. The van der Waals surface area contributed by atoms with Gasteiger partial charge in [0.15, 0.2) is 0 Å². The summed E-state index contributed by atoms with van der Waals surface area (Å²) in [7, 11) is 2.08. The van der Waals surface area contributed by atoms with E-state index in [1.807, 2.05) is 12.1 Å². The predicted octanol–water partition coefficient (Wildman–Crippen LogP) is 3.53. The maximum Gasteiger partial charge on any atom is 0.123 e. The number of rotatable bonds is 4. The summed E-state index contributed by atoms with van der Waals surface area (Å²) in [4.78, 5) is 2.20. The number of hydrogen-bond donors (Lipinski definition) is 1. The number of nitrogens with two attached hydrogens (primary N) is 1. The molecule has 2 N–H and O–H groups in total. The molecule has 0 bridgehead atoms. The monoisotopic (exact) mass is 266 g/mol. The molecular weight excluding hydrogens is 248 g/mol. The minimum absolute atomic E-state index is 0.558. The fourth-order valence-electron chi connectivity index (χ4n) is 2.58. The molecule has 3 heteroatoms. The molecule has 0 fully saturated rings. The molecule has 0 saturated carbocycles. The molecule has 3 aromatic rings. The third-order valence-electron chi connectivity index (χ3n) is 3.60. The van der Waals surface area contributed by atoms with E-state index in [9.17, 15) is 0 Å². The predicted molar refractivity (Wildman–Crippen MR) is 82.7 cm³/mol. The molecule has 0 unspecified atom stereocenters. The summed E-state index contributed by atoms with van der Waals surface area (Å²) in [6, 6.07) is 16.5. The molecule has 3 rings (SSSR count). The van der Waals surface area contributed by atoms with E-state index >= 15 is 0 Å². The lowest BCUT2D eigenvalue weighted by atomic mass is 10.0. The van der Waals surface area contributed by atoms with Gasteiger partial charge in [0.2, 0.25) is 0 Å². The fraction of sp³-hybridized carbons (Fsp3) is 0.176. The highest BCUT2D eigenvalue weighted by Crippen LogP contribution is 2.29. The maximum absolute atomic E-state index is 5.82. The molecule has 2 aromatic carbocycles. The SMILES string of the molecule is CN(Cc1ccco1)c1ccc(CN)c2ccccc12. The van der Waals surface area contributed by atoms with Crippen LogP contribution in [0.15, 0.2) is 59.2 Å². The Morgan fingerprint density at radius 1 is 1.00 bits per heavy atom. The van der Waals surface area contributed by atoms with Gasteiger partial charge < -0.3 is 15.1 Å². The first kappa shape index (κ1) is 12.8. The molecule has 0 saturated heterocycles. The lowest BCUT2D eigenvalue weighted by molar-refractivity contribution is 0.508. The van der Waals surface area contributed by atoms with Gasteiger partial charge in [-0.1, -0.05) is 30.3 Å². The number of fused-ring (bicyclic) bond motifs is 1. The summed E-state index contributed by atoms with van der Waals surface area (Å²) in [5.74, 6) is 0.958. The van der Waals surface area contributed by atoms with Crippen LogP contribution in [0.5, 0.6) is 0 Å². The number of anilines is 1. The summed E-state index contributed by atoms with van der Waals surface area (Å²) < 4.78 is 5.42. The van der Waals surface area contributed by atoms with E-state index in [1.165, 1.54) is 22.0 Å². The van der Waals surface area contributed by atoms with Crippen LogP contribution >= 0.6 is 0 Å². The molecule has 0 atom stereocenters. The molecule has 0 amide bonds. The van der Waals surface area contributed by atoms with Crippen molar-refractivity contribution in [3.05, 3.63) is 66.1 Å². The van der Waals surface area contributed by atoms with Crippen molar-refractivity contribution in [2.45, 2.75) is 13.1 Å². The highest BCUT2D eigenvalue weighted by Gasteiger charge is 2.10. The minimum atomic E-state index is 0.558. The van der Waals surface area contributed by atoms with Crippen LogP contribution in [0.1, 0.15) is 11.3 Å². The minimum Gasteiger partial charge on any atom is -0.467 e. The van der Waals surface area contributed by atoms with E-state index in [2.05, 4.69) is 48.3 Å². The van der Waals surface area contributed by atoms with Crippen molar-refractivity contribution in [3.8, 4) is 0 Å². The summed E-state index contributed by atoms with van der Waals surface area (Å²) in [5, 5.41) is 2.45. The standard InChI is InChI=1S/C17H18N2O/c1-19(12-14-5-4-10-20-14)17-9-8-13(11-18)15-6-2-3-7-16(15)17/h2-10H,11-12,18H2,1H3. The van der Waals surface area contributed by atoms with Crippen LogP contribution in [0.2, 0.25) is 0 Å². The van der Waals surface area contributed by atoms with Gasteiger partial charge in [0.05, 0.1) is 12.8 Å². The Kier molecular flexibility index (Phi) is 3.44. The van der Waals surface area contributed by atoms with Crippen LogP contribution in [0, 0.1) is 0 Å². The van der Waals surface area contributed by atoms with Gasteiger partial charge in [-0.3, -0.25) is 0 Å². The van der Waals surface area contributed by atoms with E-state index in [0.717, 1.165) is 12.3 Å². The lowest BCUT2D eigenvalue weighted by Gasteiger charge is -2.21. The average Bonchev–Trinajstić information content (AvgIpc) is 2.99. The molecule has 1 aromatic heterocycles. The summed E-state index contributed by atoms with van der Waals surface area (Å²) in [6.45, 7) is 1.31. The first-order valence-corrected chi connectivity index (χ1v) is 6.74. The number of benzene rings is 2. The first-order valence-electron chi connectivity index (χ1n) is 6.74. The van der Waals surface area contributed by atoms with Crippen LogP contribution < -0.4 is 10.6 Å². The van der Waals surface area contributed by atoms with Crippen LogP contribution in [-0.2, 0) is 13.1 Å². The van der Waals surface area contributed by atoms with Crippen molar-refractivity contribution >= 4 is 16.5 Å². The normalized spacial score (nSPS) is 10.9. The lowest BCUT2D eigenvalue weighted by Crippen LogP contribution is -2.16. The fourth-order valence-corrected chi connectivity index (χ4v) is 2.58. The molecule has 0 spiro atoms. The molecule has 102 valence electrons. The highest BCUT2D eigenvalue weighted by atomic mass is 16.3. The maximum atomic E-state index is 5.82. The summed E-state index contributed by atoms with van der Waals surface area (Å²) in [5.41, 5.74) is 8.19. The van der Waals surface area contributed by atoms with Crippen LogP contribution in [0.25, 0.3) is 10.8 Å². The quantitative estimate of drug-likeness (QED) is 0.785. The molecule has 3 nitrogen and oxygen atoms in total. The van der Waals surface area contributed by atoms with Crippen molar-refractivity contribution in [2.75, 3.05) is 11.9 Å². The zero-order valence-corrected chi connectivity index (χ0v) is 11.5. The van der Waals surface area contributed by atoms with Crippen molar-refractivity contribution in [3.63, 3.8) is 0 Å². The van der Waals surface area contributed by atoms with Crippen molar-refractivity contribution in [1.82, 2.24) is 0 Å². The molecule has 0 aliphatic carbocycles. The Morgan fingerprint density at radius 3 is 2.50 bits per heavy atom. The topological polar surface area (TPSA) is 42.4 Å². The summed E-state index contributed by atoms with van der Waals surface area (Å²) in [6.07, 6.45) is 1.71. The van der Waals surface area contributed by atoms with Crippen molar-refractivity contribution in [1.29, 1.82) is 0 Å². The van der Waals surface area contributed by atoms with Crippen molar-refractivity contribution < 1.29 is 4.42 Å². The average molecular weight is 266 g/mol. The number of furan rings is 1. The van der Waals surface area contributed by atoms with Gasteiger partial charge in [0.1, 0.15) is 5.76 Å². The van der Waals surface area contributed by atoms with E-state index in [4.69, 9.17) is 10.2 Å². The Labute approximate surface area is 118 Å². The molecule has 0 aliphatic heterocycles. The first-order chi connectivity index (χ1) is 9.79. The van der Waals surface area contributed by atoms with Gasteiger partial charge in [-0.25, -0.2) is 0 Å². The third-order valence-corrected chi connectivity index (χ3v) is 3.60. The third kappa shape index (κ3) is 2.28. The number of nitrogens with zero attached hydrogens (tertiary/aromatic N) is 1. The Morgan fingerprint density at radius 2 is 1.80 bits per heavy atom. The molecule has 20 heavy (non-hydrogen) atoms. The highest BCUT2D eigenvalue weighted by molar-refractivity contribution is 5.96. The Balaban J connectivity index is 2.03. The number of hydrogen-bond acceptors (Lipinski definition) is 3. The molecule has 0 aliphatic rings. The summed E-state index contributed by atoms with van der Waals surface area (Å²) >= 11 is 0. The largest absolute Gasteiger partial charge is 0.467 e. The van der Waals surface area contributed by atoms with Crippen LogP contribution in [0.3, 0.4) is 0 Å². The van der Waals surface area contributed by atoms with E-state index in [-0.39, 0.29) is 0 Å². The van der Waals surface area contributed by atoms with E-state index in [0.29, 0.717) is 6.54 Å². The zero-order chi connectivity index (χ0) is 13.9. The van der Waals surface area contributed by atoms with Gasteiger partial charge in [-0.2, -0.15) is 0 Å². The molecular formula is C17H18N2O. The zero-order valence-electron chi connectivity index (χ0n) is 11.5. The van der Waals surface area contributed by atoms with Gasteiger partial charge in [0.25, 0.3) is 0 Å². The van der Waals surface area contributed by atoms with Crippen LogP contribution in [0.4, 0.5) is 5.69 Å².